The largest absolute Gasteiger partial charge is 0.417 e. The van der Waals surface area contributed by atoms with Crippen LogP contribution in [0.15, 0.2) is 23.1 Å². The predicted molar refractivity (Wildman–Crippen MR) is 91.1 cm³/mol. The van der Waals surface area contributed by atoms with Crippen LogP contribution < -0.4 is 15.4 Å². The third-order valence-corrected chi connectivity index (χ3v) is 5.17. The number of carbonyl (C=O) groups excluding carboxylic acids is 1. The van der Waals surface area contributed by atoms with Crippen LogP contribution in [0.2, 0.25) is 0 Å². The van der Waals surface area contributed by atoms with Crippen molar-refractivity contribution < 1.29 is 26.4 Å². The molecule has 0 radical (unpaired) electrons. The number of sulfonamides is 1. The fourth-order valence-corrected chi connectivity index (χ4v) is 3.78. The van der Waals surface area contributed by atoms with Gasteiger partial charge in [-0.15, -0.1) is 0 Å². The molecule has 1 heterocycles. The van der Waals surface area contributed by atoms with Gasteiger partial charge in [-0.1, -0.05) is 6.92 Å². The summed E-state index contributed by atoms with van der Waals surface area (Å²) in [5, 5.41) is 7.78. The molecule has 1 aromatic rings. The summed E-state index contributed by atoms with van der Waals surface area (Å²) in [6.07, 6.45) is -2.28. The van der Waals surface area contributed by atoms with Crippen molar-refractivity contribution in [2.45, 2.75) is 49.7 Å². The number of carbonyl (C=O) groups is 1. The summed E-state index contributed by atoms with van der Waals surface area (Å²) >= 11 is 0. The van der Waals surface area contributed by atoms with Gasteiger partial charge in [-0.3, -0.25) is 4.79 Å². The van der Waals surface area contributed by atoms with Gasteiger partial charge in [-0.2, -0.15) is 13.2 Å². The number of nitrogens with zero attached hydrogens (tertiary/aromatic N) is 1. The van der Waals surface area contributed by atoms with E-state index in [-0.39, 0.29) is 17.6 Å². The predicted octanol–water partition coefficient (Wildman–Crippen LogP) is 2.24. The number of hydrogen-bond donors (Lipinski definition) is 2. The third-order valence-electron chi connectivity index (χ3n) is 4.20. The number of alkyl halides is 3. The SMILES string of the molecule is CCCC(=O)NC1CCCN(c2ccc(S(N)(=O)=O)c(C(F)(F)F)c2)C1. The van der Waals surface area contributed by atoms with Gasteiger partial charge >= 0.3 is 6.18 Å². The Hall–Kier alpha value is -1.81. The van der Waals surface area contributed by atoms with E-state index in [9.17, 15) is 26.4 Å². The second kappa shape index (κ2) is 7.83. The van der Waals surface area contributed by atoms with Crippen LogP contribution in [0, 0.1) is 0 Å². The van der Waals surface area contributed by atoms with Gasteiger partial charge in [0.15, 0.2) is 0 Å². The number of nitrogens with one attached hydrogen (secondary N) is 1. The minimum absolute atomic E-state index is 0.0834. The van der Waals surface area contributed by atoms with Crippen LogP contribution in [-0.2, 0) is 21.0 Å². The van der Waals surface area contributed by atoms with Crippen molar-refractivity contribution in [3.05, 3.63) is 23.8 Å². The highest BCUT2D eigenvalue weighted by atomic mass is 32.2. The van der Waals surface area contributed by atoms with E-state index in [0.717, 1.165) is 18.6 Å². The third kappa shape index (κ3) is 5.10. The Morgan fingerprint density at radius 1 is 1.38 bits per heavy atom. The summed E-state index contributed by atoms with van der Waals surface area (Å²) in [5.74, 6) is -0.0834. The van der Waals surface area contributed by atoms with E-state index in [1.165, 1.54) is 6.07 Å². The van der Waals surface area contributed by atoms with Gasteiger partial charge in [0.05, 0.1) is 10.5 Å². The quantitative estimate of drug-likeness (QED) is 0.802. The number of anilines is 1. The zero-order valence-corrected chi connectivity index (χ0v) is 15.2. The molecule has 1 fully saturated rings. The molecule has 1 amide bonds. The van der Waals surface area contributed by atoms with E-state index in [2.05, 4.69) is 5.32 Å². The van der Waals surface area contributed by atoms with Gasteiger partial charge in [0, 0.05) is 31.2 Å². The second-order valence-electron chi connectivity index (χ2n) is 6.33. The van der Waals surface area contributed by atoms with Crippen LogP contribution in [0.3, 0.4) is 0 Å². The Balaban J connectivity index is 2.27. The van der Waals surface area contributed by atoms with E-state index >= 15 is 0 Å². The van der Waals surface area contributed by atoms with Gasteiger partial charge in [0.2, 0.25) is 15.9 Å². The molecule has 1 aliphatic rings. The Morgan fingerprint density at radius 3 is 2.65 bits per heavy atom. The summed E-state index contributed by atoms with van der Waals surface area (Å²) in [5.41, 5.74) is -1.03. The minimum Gasteiger partial charge on any atom is -0.369 e. The molecule has 3 N–H and O–H groups in total. The first-order valence-electron chi connectivity index (χ1n) is 8.30. The molecule has 1 saturated heterocycles. The van der Waals surface area contributed by atoms with Crippen molar-refractivity contribution in [3.63, 3.8) is 0 Å². The maximum Gasteiger partial charge on any atom is 0.417 e. The van der Waals surface area contributed by atoms with Gasteiger partial charge < -0.3 is 10.2 Å². The lowest BCUT2D eigenvalue weighted by molar-refractivity contribution is -0.139. The first-order chi connectivity index (χ1) is 12.0. The molecular formula is C16H22F3N3O3S. The fourth-order valence-electron chi connectivity index (χ4n) is 3.04. The molecule has 0 saturated carbocycles. The van der Waals surface area contributed by atoms with Crippen LogP contribution in [-0.4, -0.2) is 33.5 Å². The average Bonchev–Trinajstić information content (AvgIpc) is 2.53. The summed E-state index contributed by atoms with van der Waals surface area (Å²) in [7, 11) is -4.49. The standard InChI is InChI=1S/C16H22F3N3O3S/c1-2-4-15(23)21-11-5-3-8-22(10-11)12-6-7-14(26(20,24)25)13(9-12)16(17,18)19/h6-7,9,11H,2-5,8,10H2,1H3,(H,21,23)(H2,20,24,25). The van der Waals surface area contributed by atoms with Crippen molar-refractivity contribution in [2.75, 3.05) is 18.0 Å². The van der Waals surface area contributed by atoms with Gasteiger partial charge in [0.25, 0.3) is 0 Å². The molecule has 1 unspecified atom stereocenters. The highest BCUT2D eigenvalue weighted by Gasteiger charge is 2.37. The molecule has 146 valence electrons. The van der Waals surface area contributed by atoms with E-state index < -0.39 is 26.7 Å². The van der Waals surface area contributed by atoms with Crippen molar-refractivity contribution in [2.24, 2.45) is 5.14 Å². The lowest BCUT2D eigenvalue weighted by atomic mass is 10.0. The van der Waals surface area contributed by atoms with Crippen LogP contribution in [0.25, 0.3) is 0 Å². The Labute approximate surface area is 150 Å². The van der Waals surface area contributed by atoms with Crippen molar-refractivity contribution in [1.82, 2.24) is 5.32 Å². The molecular weight excluding hydrogens is 371 g/mol. The molecule has 26 heavy (non-hydrogen) atoms. The van der Waals surface area contributed by atoms with Crippen LogP contribution >= 0.6 is 0 Å². The lowest BCUT2D eigenvalue weighted by Gasteiger charge is -2.35. The molecule has 1 atom stereocenters. The number of benzene rings is 1. The van der Waals surface area contributed by atoms with Crippen LogP contribution in [0.4, 0.5) is 18.9 Å². The van der Waals surface area contributed by atoms with Crippen molar-refractivity contribution >= 4 is 21.6 Å². The molecule has 10 heteroatoms. The number of rotatable bonds is 5. The highest BCUT2D eigenvalue weighted by Crippen LogP contribution is 2.36. The molecule has 2 rings (SSSR count). The minimum atomic E-state index is -4.84. The Bertz CT molecular complexity index is 766. The number of hydrogen-bond acceptors (Lipinski definition) is 4. The van der Waals surface area contributed by atoms with Gasteiger partial charge in [0.1, 0.15) is 0 Å². The molecule has 0 spiro atoms. The van der Waals surface area contributed by atoms with Crippen LogP contribution in [0.5, 0.6) is 0 Å². The lowest BCUT2D eigenvalue weighted by Crippen LogP contribution is -2.47. The molecule has 0 bridgehead atoms. The second-order valence-corrected chi connectivity index (χ2v) is 7.86. The number of piperidine rings is 1. The molecule has 6 nitrogen and oxygen atoms in total. The monoisotopic (exact) mass is 393 g/mol. The van der Waals surface area contributed by atoms with E-state index in [0.29, 0.717) is 32.4 Å². The number of amides is 1. The van der Waals surface area contributed by atoms with Gasteiger partial charge in [-0.25, -0.2) is 13.6 Å². The van der Waals surface area contributed by atoms with E-state index in [4.69, 9.17) is 5.14 Å². The van der Waals surface area contributed by atoms with Gasteiger partial charge in [-0.05, 0) is 37.5 Å². The van der Waals surface area contributed by atoms with Crippen molar-refractivity contribution in [1.29, 1.82) is 0 Å². The topological polar surface area (TPSA) is 92.5 Å². The number of primary sulfonamides is 1. The zero-order chi connectivity index (χ0) is 19.5. The smallest absolute Gasteiger partial charge is 0.369 e. The summed E-state index contributed by atoms with van der Waals surface area (Å²) < 4.78 is 62.7. The molecule has 0 aliphatic carbocycles. The molecule has 0 aromatic heterocycles. The van der Waals surface area contributed by atoms with E-state index in [1.807, 2.05) is 6.92 Å². The number of nitrogens with two attached hydrogens (primary N) is 1. The fraction of sp³-hybridized carbons (Fsp3) is 0.562. The molecule has 1 aliphatic heterocycles. The maximum atomic E-state index is 13.3. The highest BCUT2D eigenvalue weighted by molar-refractivity contribution is 7.89. The Kier molecular flexibility index (Phi) is 6.17. The first-order valence-corrected chi connectivity index (χ1v) is 9.85. The van der Waals surface area contributed by atoms with E-state index in [1.54, 1.807) is 4.90 Å². The summed E-state index contributed by atoms with van der Waals surface area (Å²) in [4.78, 5) is 12.5. The van der Waals surface area contributed by atoms with Crippen LogP contribution in [0.1, 0.15) is 38.2 Å². The maximum absolute atomic E-state index is 13.3. The normalized spacial score (nSPS) is 18.7. The first kappa shape index (κ1) is 20.5. The zero-order valence-electron chi connectivity index (χ0n) is 14.3. The number of halogens is 3. The molecule has 1 aromatic carbocycles. The summed E-state index contributed by atoms with van der Waals surface area (Å²) in [6.45, 7) is 2.77. The average molecular weight is 393 g/mol. The Morgan fingerprint density at radius 2 is 2.08 bits per heavy atom. The van der Waals surface area contributed by atoms with Crippen molar-refractivity contribution in [3.8, 4) is 0 Å². The summed E-state index contributed by atoms with van der Waals surface area (Å²) in [6, 6.07) is 2.84.